The van der Waals surface area contributed by atoms with Crippen LogP contribution in [0.3, 0.4) is 0 Å². The van der Waals surface area contributed by atoms with Crippen molar-refractivity contribution >= 4 is 17.3 Å². The predicted octanol–water partition coefficient (Wildman–Crippen LogP) is 4.20. The van der Waals surface area contributed by atoms with Gasteiger partial charge in [0.2, 0.25) is 6.79 Å². The summed E-state index contributed by atoms with van der Waals surface area (Å²) in [5.41, 5.74) is 2.81. The lowest BCUT2D eigenvalue weighted by atomic mass is 10.0. The summed E-state index contributed by atoms with van der Waals surface area (Å²) >= 11 is 0. The number of methoxy groups -OCH3 is 2. The molecule has 1 unspecified atom stereocenters. The highest BCUT2D eigenvalue weighted by atomic mass is 16.7. The Bertz CT molecular complexity index is 1130. The third-order valence-corrected chi connectivity index (χ3v) is 5.29. The van der Waals surface area contributed by atoms with Crippen LogP contribution in [0.1, 0.15) is 22.1 Å². The molecule has 1 N–H and O–H groups in total. The Morgan fingerprint density at radius 3 is 2.63 bits per heavy atom. The Kier molecular flexibility index (Phi) is 4.35. The molecular formula is C23H20N2O5. The Balaban J connectivity index is 1.69. The molecule has 0 radical (unpaired) electrons. The zero-order valence-electron chi connectivity index (χ0n) is 16.5. The summed E-state index contributed by atoms with van der Waals surface area (Å²) in [6.45, 7) is 0.168. The molecule has 3 aromatic rings. The maximum atomic E-state index is 13.6. The van der Waals surface area contributed by atoms with Gasteiger partial charge >= 0.3 is 0 Å². The molecule has 3 aromatic carbocycles. The van der Waals surface area contributed by atoms with E-state index in [0.717, 1.165) is 11.3 Å². The van der Waals surface area contributed by atoms with Gasteiger partial charge in [-0.25, -0.2) is 0 Å². The number of ether oxygens (including phenoxy) is 4. The average molecular weight is 404 g/mol. The van der Waals surface area contributed by atoms with Gasteiger partial charge in [-0.15, -0.1) is 0 Å². The van der Waals surface area contributed by atoms with E-state index in [1.165, 1.54) is 0 Å². The van der Waals surface area contributed by atoms with Crippen molar-refractivity contribution < 1.29 is 23.7 Å². The first-order valence-corrected chi connectivity index (χ1v) is 9.51. The summed E-state index contributed by atoms with van der Waals surface area (Å²) in [5, 5.41) is 3.48. The van der Waals surface area contributed by atoms with Gasteiger partial charge in [0.15, 0.2) is 23.0 Å². The first kappa shape index (κ1) is 18.2. The Morgan fingerprint density at radius 2 is 1.80 bits per heavy atom. The SMILES string of the molecule is COc1cccc(C2Nc3ccccc3C(=O)N2c2ccc3c(c2)OCO3)c1OC. The number of fused-ring (bicyclic) bond motifs is 2. The van der Waals surface area contributed by atoms with E-state index in [9.17, 15) is 4.79 Å². The topological polar surface area (TPSA) is 69.3 Å². The van der Waals surface area contributed by atoms with Crippen LogP contribution in [0.2, 0.25) is 0 Å². The maximum Gasteiger partial charge on any atom is 0.262 e. The summed E-state index contributed by atoms with van der Waals surface area (Å²) in [4.78, 5) is 15.3. The van der Waals surface area contributed by atoms with Gasteiger partial charge in [0.1, 0.15) is 6.17 Å². The number of hydrogen-bond acceptors (Lipinski definition) is 6. The van der Waals surface area contributed by atoms with Crippen LogP contribution in [-0.4, -0.2) is 26.9 Å². The van der Waals surface area contributed by atoms with Crippen molar-refractivity contribution in [1.29, 1.82) is 0 Å². The second-order valence-corrected chi connectivity index (χ2v) is 6.89. The monoisotopic (exact) mass is 404 g/mol. The van der Waals surface area contributed by atoms with Gasteiger partial charge in [-0.2, -0.15) is 0 Å². The second kappa shape index (κ2) is 7.18. The lowest BCUT2D eigenvalue weighted by Crippen LogP contribution is -2.43. The molecule has 0 fully saturated rings. The number of para-hydroxylation sites is 2. The van der Waals surface area contributed by atoms with Crippen LogP contribution >= 0.6 is 0 Å². The van der Waals surface area contributed by atoms with E-state index in [1.807, 2.05) is 60.7 Å². The van der Waals surface area contributed by atoms with Gasteiger partial charge in [0, 0.05) is 17.3 Å². The van der Waals surface area contributed by atoms with Crippen molar-refractivity contribution in [3.8, 4) is 23.0 Å². The number of benzene rings is 3. The molecule has 0 saturated carbocycles. The molecule has 0 saturated heterocycles. The number of nitrogens with one attached hydrogen (secondary N) is 1. The van der Waals surface area contributed by atoms with Crippen LogP contribution in [0, 0.1) is 0 Å². The van der Waals surface area contributed by atoms with Gasteiger partial charge in [-0.1, -0.05) is 24.3 Å². The van der Waals surface area contributed by atoms with Gasteiger partial charge in [0.25, 0.3) is 5.91 Å². The second-order valence-electron chi connectivity index (χ2n) is 6.89. The number of carbonyl (C=O) groups excluding carboxylic acids is 1. The molecule has 0 aliphatic carbocycles. The molecule has 5 rings (SSSR count). The van der Waals surface area contributed by atoms with E-state index in [4.69, 9.17) is 18.9 Å². The van der Waals surface area contributed by atoms with Crippen LogP contribution in [-0.2, 0) is 0 Å². The van der Waals surface area contributed by atoms with E-state index >= 15 is 0 Å². The number of rotatable bonds is 4. The van der Waals surface area contributed by atoms with E-state index in [-0.39, 0.29) is 12.7 Å². The van der Waals surface area contributed by atoms with Gasteiger partial charge < -0.3 is 24.3 Å². The lowest BCUT2D eigenvalue weighted by molar-refractivity contribution is 0.0974. The van der Waals surface area contributed by atoms with Crippen LogP contribution in [0.15, 0.2) is 60.7 Å². The van der Waals surface area contributed by atoms with Crippen molar-refractivity contribution in [1.82, 2.24) is 0 Å². The molecule has 7 nitrogen and oxygen atoms in total. The molecule has 0 spiro atoms. The summed E-state index contributed by atoms with van der Waals surface area (Å²) < 4.78 is 22.1. The van der Waals surface area contributed by atoms with Crippen LogP contribution in [0.5, 0.6) is 23.0 Å². The standard InChI is InChI=1S/C23H20N2O5/c1-27-19-9-5-7-16(21(19)28-2)22-24-17-8-4-3-6-15(17)23(26)25(22)14-10-11-18-20(12-14)30-13-29-18/h3-12,22,24H,13H2,1-2H3. The third kappa shape index (κ3) is 2.78. The zero-order valence-corrected chi connectivity index (χ0v) is 16.5. The predicted molar refractivity (Wildman–Crippen MR) is 112 cm³/mol. The Hall–Kier alpha value is -3.87. The van der Waals surface area contributed by atoms with E-state index in [0.29, 0.717) is 34.2 Å². The minimum atomic E-state index is -0.516. The number of amides is 1. The molecule has 0 aromatic heterocycles. The molecule has 30 heavy (non-hydrogen) atoms. The maximum absolute atomic E-state index is 13.6. The quantitative estimate of drug-likeness (QED) is 0.703. The van der Waals surface area contributed by atoms with Crippen molar-refractivity contribution in [2.24, 2.45) is 0 Å². The van der Waals surface area contributed by atoms with Gasteiger partial charge in [0.05, 0.1) is 25.5 Å². The number of hydrogen-bond donors (Lipinski definition) is 1. The van der Waals surface area contributed by atoms with Crippen LogP contribution in [0.4, 0.5) is 11.4 Å². The highest BCUT2D eigenvalue weighted by Gasteiger charge is 2.36. The molecule has 1 amide bonds. The average Bonchev–Trinajstić information content (AvgIpc) is 3.26. The van der Waals surface area contributed by atoms with Gasteiger partial charge in [-0.3, -0.25) is 9.69 Å². The van der Waals surface area contributed by atoms with Crippen molar-refractivity contribution in [3.63, 3.8) is 0 Å². The molecule has 0 bridgehead atoms. The Morgan fingerprint density at radius 1 is 0.967 bits per heavy atom. The van der Waals surface area contributed by atoms with Gasteiger partial charge in [-0.05, 0) is 30.3 Å². The van der Waals surface area contributed by atoms with Crippen molar-refractivity contribution in [2.45, 2.75) is 6.17 Å². The fraction of sp³-hybridized carbons (Fsp3) is 0.174. The summed E-state index contributed by atoms with van der Waals surface area (Å²) in [7, 11) is 3.18. The first-order chi connectivity index (χ1) is 14.7. The molecule has 7 heteroatoms. The highest BCUT2D eigenvalue weighted by molar-refractivity contribution is 6.12. The number of anilines is 2. The zero-order chi connectivity index (χ0) is 20.7. The van der Waals surface area contributed by atoms with Crippen LogP contribution in [0.25, 0.3) is 0 Å². The molecule has 2 aliphatic heterocycles. The molecule has 1 atom stereocenters. The summed E-state index contributed by atoms with van der Waals surface area (Å²) in [5.74, 6) is 2.30. The van der Waals surface area contributed by atoms with Crippen molar-refractivity contribution in [2.75, 3.05) is 31.2 Å². The first-order valence-electron chi connectivity index (χ1n) is 9.51. The largest absolute Gasteiger partial charge is 0.493 e. The van der Waals surface area contributed by atoms with E-state index < -0.39 is 6.17 Å². The molecule has 2 heterocycles. The van der Waals surface area contributed by atoms with Crippen LogP contribution < -0.4 is 29.2 Å². The molecule has 2 aliphatic rings. The third-order valence-electron chi connectivity index (χ3n) is 5.29. The smallest absolute Gasteiger partial charge is 0.262 e. The molecule has 152 valence electrons. The minimum Gasteiger partial charge on any atom is -0.493 e. The highest BCUT2D eigenvalue weighted by Crippen LogP contribution is 2.44. The minimum absolute atomic E-state index is 0.127. The Labute approximate surface area is 173 Å². The summed E-state index contributed by atoms with van der Waals surface area (Å²) in [6, 6.07) is 18.5. The number of nitrogens with zero attached hydrogens (tertiary/aromatic N) is 1. The molecular weight excluding hydrogens is 384 g/mol. The normalized spacial score (nSPS) is 16.7. The lowest BCUT2D eigenvalue weighted by Gasteiger charge is -2.38. The fourth-order valence-corrected chi connectivity index (χ4v) is 3.90. The number of carbonyl (C=O) groups is 1. The fourth-order valence-electron chi connectivity index (χ4n) is 3.90. The van der Waals surface area contributed by atoms with Crippen molar-refractivity contribution in [3.05, 3.63) is 71.8 Å². The van der Waals surface area contributed by atoms with E-state index in [2.05, 4.69) is 5.32 Å². The summed E-state index contributed by atoms with van der Waals surface area (Å²) in [6.07, 6.45) is -0.516. The van der Waals surface area contributed by atoms with E-state index in [1.54, 1.807) is 19.1 Å².